The summed E-state index contributed by atoms with van der Waals surface area (Å²) in [4.78, 5) is 0. The van der Waals surface area contributed by atoms with Crippen LogP contribution >= 0.6 is 0 Å². The Morgan fingerprint density at radius 2 is 1.86 bits per heavy atom. The summed E-state index contributed by atoms with van der Waals surface area (Å²) in [5, 5.41) is 0. The van der Waals surface area contributed by atoms with Crippen LogP contribution in [0.15, 0.2) is 49.2 Å². The average molecular weight is 184 g/mol. The van der Waals surface area contributed by atoms with Crippen LogP contribution in [-0.2, 0) is 0 Å². The summed E-state index contributed by atoms with van der Waals surface area (Å²) < 4.78 is 1.98. The molecule has 2 nitrogen and oxygen atoms in total. The fourth-order valence-corrected chi connectivity index (χ4v) is 1.45. The molecule has 1 heterocycles. The van der Waals surface area contributed by atoms with E-state index in [9.17, 15) is 0 Å². The first-order valence-electron chi connectivity index (χ1n) is 4.46. The van der Waals surface area contributed by atoms with Gasteiger partial charge < -0.3 is 10.3 Å². The van der Waals surface area contributed by atoms with Crippen LogP contribution in [0.25, 0.3) is 17.5 Å². The molecule has 14 heavy (non-hydrogen) atoms. The molecule has 0 aliphatic heterocycles. The van der Waals surface area contributed by atoms with E-state index in [1.807, 2.05) is 47.2 Å². The lowest BCUT2D eigenvalue weighted by molar-refractivity contribution is 1.18. The largest absolute Gasteiger partial charge is 0.399 e. The zero-order valence-electron chi connectivity index (χ0n) is 7.85. The van der Waals surface area contributed by atoms with Crippen molar-refractivity contribution in [3.05, 3.63) is 49.2 Å². The molecule has 0 saturated carbocycles. The fourth-order valence-electron chi connectivity index (χ4n) is 1.45. The Morgan fingerprint density at radius 3 is 2.50 bits per heavy atom. The van der Waals surface area contributed by atoms with Gasteiger partial charge in [0.1, 0.15) is 0 Å². The van der Waals surface area contributed by atoms with Gasteiger partial charge in [0.2, 0.25) is 0 Å². The van der Waals surface area contributed by atoms with Gasteiger partial charge in [-0.05, 0) is 29.8 Å². The molecule has 0 fully saturated rings. The number of hydrogen-bond acceptors (Lipinski definition) is 1. The summed E-state index contributed by atoms with van der Waals surface area (Å²) in [5.74, 6) is 0. The van der Waals surface area contributed by atoms with Crippen molar-refractivity contribution in [1.29, 1.82) is 0 Å². The predicted octanol–water partition coefficient (Wildman–Crippen LogP) is 2.84. The van der Waals surface area contributed by atoms with E-state index in [0.29, 0.717) is 0 Å². The highest BCUT2D eigenvalue weighted by Gasteiger charge is 2.00. The molecule has 0 unspecified atom stereocenters. The number of rotatable bonds is 2. The SMILES string of the molecule is C=Cn1cccc1-c1ccc(N)cc1. The van der Waals surface area contributed by atoms with Gasteiger partial charge in [0.15, 0.2) is 0 Å². The second-order valence-electron chi connectivity index (χ2n) is 3.11. The predicted molar refractivity (Wildman–Crippen MR) is 60.7 cm³/mol. The minimum Gasteiger partial charge on any atom is -0.399 e. The molecule has 2 rings (SSSR count). The monoisotopic (exact) mass is 184 g/mol. The van der Waals surface area contributed by atoms with Gasteiger partial charge >= 0.3 is 0 Å². The summed E-state index contributed by atoms with van der Waals surface area (Å²) in [6.07, 6.45) is 3.75. The molecular formula is C12H12N2. The summed E-state index contributed by atoms with van der Waals surface area (Å²) in [6, 6.07) is 11.8. The molecule has 0 spiro atoms. The first-order chi connectivity index (χ1) is 6.81. The molecule has 1 aromatic carbocycles. The molecule has 0 bridgehead atoms. The molecule has 0 saturated heterocycles. The number of benzene rings is 1. The van der Waals surface area contributed by atoms with E-state index in [0.717, 1.165) is 16.9 Å². The quantitative estimate of drug-likeness (QED) is 0.715. The third-order valence-electron chi connectivity index (χ3n) is 2.18. The highest BCUT2D eigenvalue weighted by Crippen LogP contribution is 2.21. The lowest BCUT2D eigenvalue weighted by Gasteiger charge is -2.03. The molecule has 70 valence electrons. The number of anilines is 1. The van der Waals surface area contributed by atoms with E-state index in [-0.39, 0.29) is 0 Å². The van der Waals surface area contributed by atoms with E-state index in [4.69, 9.17) is 5.73 Å². The van der Waals surface area contributed by atoms with Gasteiger partial charge in [-0.15, -0.1) is 0 Å². The Morgan fingerprint density at radius 1 is 1.14 bits per heavy atom. The number of nitrogen functional groups attached to an aromatic ring is 1. The molecule has 2 aromatic rings. The maximum atomic E-state index is 5.62. The van der Waals surface area contributed by atoms with Gasteiger partial charge in [0, 0.05) is 18.1 Å². The molecule has 1 aromatic heterocycles. The van der Waals surface area contributed by atoms with Gasteiger partial charge in [0.25, 0.3) is 0 Å². The van der Waals surface area contributed by atoms with Crippen molar-refractivity contribution >= 4 is 11.9 Å². The summed E-state index contributed by atoms with van der Waals surface area (Å²) in [5.41, 5.74) is 8.67. The van der Waals surface area contributed by atoms with Crippen molar-refractivity contribution in [2.45, 2.75) is 0 Å². The summed E-state index contributed by atoms with van der Waals surface area (Å²) in [6.45, 7) is 3.75. The number of nitrogens with zero attached hydrogens (tertiary/aromatic N) is 1. The van der Waals surface area contributed by atoms with Crippen molar-refractivity contribution in [2.24, 2.45) is 0 Å². The molecular weight excluding hydrogens is 172 g/mol. The van der Waals surface area contributed by atoms with E-state index in [1.54, 1.807) is 6.20 Å². The maximum Gasteiger partial charge on any atom is 0.0522 e. The Bertz CT molecular complexity index is 438. The number of hydrogen-bond donors (Lipinski definition) is 1. The zero-order chi connectivity index (χ0) is 9.97. The third kappa shape index (κ3) is 1.42. The van der Waals surface area contributed by atoms with Crippen molar-refractivity contribution in [2.75, 3.05) is 5.73 Å². The Balaban J connectivity index is 2.49. The van der Waals surface area contributed by atoms with Crippen LogP contribution in [0.5, 0.6) is 0 Å². The minimum atomic E-state index is 0.783. The van der Waals surface area contributed by atoms with Gasteiger partial charge in [-0.1, -0.05) is 18.7 Å². The molecule has 0 aliphatic rings. The van der Waals surface area contributed by atoms with Gasteiger partial charge in [-0.2, -0.15) is 0 Å². The normalized spacial score (nSPS) is 10.0. The molecule has 0 amide bonds. The van der Waals surface area contributed by atoms with Crippen LogP contribution in [-0.4, -0.2) is 4.57 Å². The molecule has 0 radical (unpaired) electrons. The topological polar surface area (TPSA) is 30.9 Å². The smallest absolute Gasteiger partial charge is 0.0522 e. The molecule has 2 heteroatoms. The van der Waals surface area contributed by atoms with E-state index < -0.39 is 0 Å². The zero-order valence-corrected chi connectivity index (χ0v) is 7.85. The van der Waals surface area contributed by atoms with Crippen LogP contribution < -0.4 is 5.73 Å². The summed E-state index contributed by atoms with van der Waals surface area (Å²) in [7, 11) is 0. The molecule has 2 N–H and O–H groups in total. The average Bonchev–Trinajstić information content (AvgIpc) is 2.67. The van der Waals surface area contributed by atoms with E-state index in [2.05, 4.69) is 6.58 Å². The fraction of sp³-hybridized carbons (Fsp3) is 0. The lowest BCUT2D eigenvalue weighted by Crippen LogP contribution is -1.88. The van der Waals surface area contributed by atoms with Crippen molar-refractivity contribution < 1.29 is 0 Å². The molecule has 0 atom stereocenters. The first kappa shape index (κ1) is 8.63. The second kappa shape index (κ2) is 3.42. The van der Waals surface area contributed by atoms with Crippen molar-refractivity contribution in [3.8, 4) is 11.3 Å². The highest BCUT2D eigenvalue weighted by atomic mass is 14.9. The second-order valence-corrected chi connectivity index (χ2v) is 3.11. The van der Waals surface area contributed by atoms with Crippen LogP contribution in [0.2, 0.25) is 0 Å². The highest BCUT2D eigenvalue weighted by molar-refractivity contribution is 5.64. The first-order valence-corrected chi connectivity index (χ1v) is 4.46. The van der Waals surface area contributed by atoms with E-state index in [1.165, 1.54) is 0 Å². The van der Waals surface area contributed by atoms with Crippen LogP contribution in [0.3, 0.4) is 0 Å². The van der Waals surface area contributed by atoms with Gasteiger partial charge in [0.05, 0.1) is 5.69 Å². The van der Waals surface area contributed by atoms with Gasteiger partial charge in [-0.25, -0.2) is 0 Å². The Kier molecular flexibility index (Phi) is 2.11. The number of aromatic nitrogens is 1. The van der Waals surface area contributed by atoms with Crippen LogP contribution in [0.1, 0.15) is 0 Å². The van der Waals surface area contributed by atoms with Crippen LogP contribution in [0, 0.1) is 0 Å². The Labute approximate surface area is 83.3 Å². The summed E-state index contributed by atoms with van der Waals surface area (Å²) >= 11 is 0. The van der Waals surface area contributed by atoms with Crippen molar-refractivity contribution in [1.82, 2.24) is 4.57 Å². The molecule has 0 aliphatic carbocycles. The van der Waals surface area contributed by atoms with Gasteiger partial charge in [-0.3, -0.25) is 0 Å². The van der Waals surface area contributed by atoms with Crippen LogP contribution in [0.4, 0.5) is 5.69 Å². The van der Waals surface area contributed by atoms with E-state index >= 15 is 0 Å². The lowest BCUT2D eigenvalue weighted by atomic mass is 10.1. The third-order valence-corrected chi connectivity index (χ3v) is 2.18. The Hall–Kier alpha value is -1.96. The number of nitrogens with two attached hydrogens (primary N) is 1. The standard InChI is InChI=1S/C12H12N2/c1-2-14-9-3-4-12(14)10-5-7-11(13)8-6-10/h2-9H,1,13H2. The maximum absolute atomic E-state index is 5.62. The van der Waals surface area contributed by atoms with Crippen molar-refractivity contribution in [3.63, 3.8) is 0 Å². The minimum absolute atomic E-state index is 0.783.